The van der Waals surface area contributed by atoms with E-state index < -0.39 is 30.1 Å². The van der Waals surface area contributed by atoms with Crippen molar-refractivity contribution < 1.29 is 23.9 Å². The van der Waals surface area contributed by atoms with Gasteiger partial charge in [0.2, 0.25) is 18.0 Å². The number of carbonyl (C=O) groups excluding carboxylic acids is 4. The smallest absolute Gasteiger partial charge is 0.350 e. The van der Waals surface area contributed by atoms with Crippen LogP contribution in [0.25, 0.3) is 0 Å². The van der Waals surface area contributed by atoms with E-state index in [9.17, 15) is 19.2 Å². The lowest BCUT2D eigenvalue weighted by molar-refractivity contribution is -0.169. The molecule has 2 unspecified atom stereocenters. The molecule has 178 valence electrons. The van der Waals surface area contributed by atoms with Crippen LogP contribution in [-0.4, -0.2) is 58.3 Å². The fourth-order valence-electron chi connectivity index (χ4n) is 4.36. The molecule has 2 aromatic rings. The summed E-state index contributed by atoms with van der Waals surface area (Å²) in [5, 5.41) is 2.77. The number of hydrogen-bond donors (Lipinski definition) is 1. The molecule has 3 atom stereocenters. The van der Waals surface area contributed by atoms with Crippen LogP contribution in [0.4, 0.5) is 0 Å². The Morgan fingerprint density at radius 3 is 2.26 bits per heavy atom. The van der Waals surface area contributed by atoms with Gasteiger partial charge in [0.15, 0.2) is 0 Å². The third kappa shape index (κ3) is 4.40. The fourth-order valence-corrected chi connectivity index (χ4v) is 4.36. The summed E-state index contributed by atoms with van der Waals surface area (Å²) in [5.74, 6) is -1.79. The predicted molar refractivity (Wildman–Crippen MR) is 124 cm³/mol. The molecule has 4 rings (SSSR count). The number of hydrogen-bond acceptors (Lipinski definition) is 5. The first-order valence-corrected chi connectivity index (χ1v) is 11.3. The Morgan fingerprint density at radius 1 is 1.03 bits per heavy atom. The molecule has 34 heavy (non-hydrogen) atoms. The van der Waals surface area contributed by atoms with Crippen molar-refractivity contribution in [2.24, 2.45) is 0 Å². The summed E-state index contributed by atoms with van der Waals surface area (Å²) < 4.78 is 5.40. The van der Waals surface area contributed by atoms with E-state index >= 15 is 0 Å². The number of benzene rings is 2. The second-order valence-corrected chi connectivity index (χ2v) is 9.73. The van der Waals surface area contributed by atoms with Crippen molar-refractivity contribution in [2.75, 3.05) is 6.54 Å². The summed E-state index contributed by atoms with van der Waals surface area (Å²) in [6.45, 7) is 7.81. The van der Waals surface area contributed by atoms with Crippen LogP contribution in [0, 0.1) is 0 Å². The van der Waals surface area contributed by atoms with Crippen molar-refractivity contribution in [3.05, 3.63) is 71.3 Å². The van der Waals surface area contributed by atoms with E-state index in [1.54, 1.807) is 12.1 Å². The molecule has 2 saturated heterocycles. The largest absolute Gasteiger partial charge is 0.458 e. The molecule has 8 nitrogen and oxygen atoms in total. The number of esters is 1. The van der Waals surface area contributed by atoms with E-state index in [1.165, 1.54) is 16.7 Å². The second kappa shape index (κ2) is 8.93. The normalized spacial score (nSPS) is 21.5. The summed E-state index contributed by atoms with van der Waals surface area (Å²) in [5.41, 5.74) is 2.31. The van der Waals surface area contributed by atoms with Crippen molar-refractivity contribution in [3.8, 4) is 0 Å². The van der Waals surface area contributed by atoms with Gasteiger partial charge in [0.05, 0.1) is 6.04 Å². The summed E-state index contributed by atoms with van der Waals surface area (Å²) in [4.78, 5) is 53.4. The molecule has 0 spiro atoms. The molecule has 2 aromatic carbocycles. The molecule has 2 aliphatic rings. The Bertz CT molecular complexity index is 1110. The standard InChI is InChI=1S/C26H29N3O5/c1-16(30)28-14-20-21(27-22(31)18-10-12-19(13-11-18)26(2,3)4)24(32)29(20)23(28)25(33)34-15-17-8-6-5-7-9-17/h5-13,20-21,23H,14-15H2,1-4H3,(H,27,31)/t20?,21-,23?/m1/s1. The summed E-state index contributed by atoms with van der Waals surface area (Å²) in [6, 6.07) is 15.1. The highest BCUT2D eigenvalue weighted by molar-refractivity contribution is 6.02. The van der Waals surface area contributed by atoms with Gasteiger partial charge in [-0.1, -0.05) is 63.2 Å². The van der Waals surface area contributed by atoms with E-state index in [4.69, 9.17) is 4.74 Å². The highest BCUT2D eigenvalue weighted by atomic mass is 16.5. The molecule has 0 aromatic heterocycles. The minimum Gasteiger partial charge on any atom is -0.458 e. The third-order valence-corrected chi connectivity index (χ3v) is 6.34. The average molecular weight is 464 g/mol. The van der Waals surface area contributed by atoms with E-state index in [1.807, 2.05) is 42.5 Å². The number of β-lactam (4-membered cyclic amide) rings is 1. The number of carbonyl (C=O) groups is 4. The Kier molecular flexibility index (Phi) is 6.17. The Balaban J connectivity index is 1.43. The molecule has 8 heteroatoms. The lowest BCUT2D eigenvalue weighted by atomic mass is 9.86. The minimum absolute atomic E-state index is 0.0381. The van der Waals surface area contributed by atoms with Gasteiger partial charge in [-0.2, -0.15) is 0 Å². The van der Waals surface area contributed by atoms with Crippen molar-refractivity contribution in [3.63, 3.8) is 0 Å². The van der Waals surface area contributed by atoms with Crippen LogP contribution in [0.1, 0.15) is 49.2 Å². The van der Waals surface area contributed by atoms with E-state index in [0.29, 0.717) is 5.56 Å². The number of nitrogens with one attached hydrogen (secondary N) is 1. The van der Waals surface area contributed by atoms with Gasteiger partial charge < -0.3 is 19.9 Å². The summed E-state index contributed by atoms with van der Waals surface area (Å²) >= 11 is 0. The average Bonchev–Trinajstić information content (AvgIpc) is 3.18. The summed E-state index contributed by atoms with van der Waals surface area (Å²) in [6.07, 6.45) is -1.13. The van der Waals surface area contributed by atoms with Crippen LogP contribution in [0.5, 0.6) is 0 Å². The van der Waals surface area contributed by atoms with Crippen molar-refractivity contribution in [2.45, 2.75) is 58.0 Å². The molecule has 0 saturated carbocycles. The number of fused-ring (bicyclic) bond motifs is 1. The van der Waals surface area contributed by atoms with Crippen LogP contribution >= 0.6 is 0 Å². The predicted octanol–water partition coefficient (Wildman–Crippen LogP) is 2.22. The number of amides is 3. The zero-order chi connectivity index (χ0) is 24.6. The van der Waals surface area contributed by atoms with Gasteiger partial charge in [0.25, 0.3) is 5.91 Å². The molecule has 3 amide bonds. The quantitative estimate of drug-likeness (QED) is 0.542. The van der Waals surface area contributed by atoms with Gasteiger partial charge in [0.1, 0.15) is 12.6 Å². The molecule has 0 bridgehead atoms. The van der Waals surface area contributed by atoms with Crippen molar-refractivity contribution >= 4 is 23.7 Å². The summed E-state index contributed by atoms with van der Waals surface area (Å²) in [7, 11) is 0. The zero-order valence-corrected chi connectivity index (χ0v) is 19.8. The van der Waals surface area contributed by atoms with Crippen LogP contribution in [0.2, 0.25) is 0 Å². The maximum Gasteiger partial charge on any atom is 0.350 e. The second-order valence-electron chi connectivity index (χ2n) is 9.73. The lowest BCUT2D eigenvalue weighted by Gasteiger charge is -2.43. The van der Waals surface area contributed by atoms with Crippen LogP contribution in [-0.2, 0) is 31.1 Å². The van der Waals surface area contributed by atoms with Crippen molar-refractivity contribution in [1.82, 2.24) is 15.1 Å². The van der Waals surface area contributed by atoms with Crippen molar-refractivity contribution in [1.29, 1.82) is 0 Å². The van der Waals surface area contributed by atoms with E-state index in [0.717, 1.165) is 11.1 Å². The highest BCUT2D eigenvalue weighted by Gasteiger charge is 2.61. The number of nitrogens with zero attached hydrogens (tertiary/aromatic N) is 2. The first-order chi connectivity index (χ1) is 16.1. The van der Waals surface area contributed by atoms with E-state index in [2.05, 4.69) is 26.1 Å². The van der Waals surface area contributed by atoms with Gasteiger partial charge in [0, 0.05) is 19.0 Å². The Hall–Kier alpha value is -3.68. The van der Waals surface area contributed by atoms with Gasteiger partial charge in [-0.3, -0.25) is 14.4 Å². The molecular weight excluding hydrogens is 434 g/mol. The zero-order valence-electron chi connectivity index (χ0n) is 19.8. The molecule has 1 N–H and O–H groups in total. The maximum absolute atomic E-state index is 12.9. The first-order valence-electron chi connectivity index (χ1n) is 11.3. The number of rotatable bonds is 5. The molecule has 2 heterocycles. The topological polar surface area (TPSA) is 96.0 Å². The maximum atomic E-state index is 12.9. The molecule has 0 radical (unpaired) electrons. The lowest BCUT2D eigenvalue weighted by Crippen LogP contribution is -2.71. The molecule has 2 fully saturated rings. The van der Waals surface area contributed by atoms with Gasteiger partial charge in [-0.25, -0.2) is 4.79 Å². The first kappa shape index (κ1) is 23.5. The third-order valence-electron chi connectivity index (χ3n) is 6.34. The van der Waals surface area contributed by atoms with E-state index in [-0.39, 0.29) is 30.4 Å². The van der Waals surface area contributed by atoms with Gasteiger partial charge in [-0.15, -0.1) is 0 Å². The van der Waals surface area contributed by atoms with Crippen LogP contribution < -0.4 is 5.32 Å². The Morgan fingerprint density at radius 2 is 1.68 bits per heavy atom. The van der Waals surface area contributed by atoms with Gasteiger partial charge in [-0.05, 0) is 28.7 Å². The fraction of sp³-hybridized carbons (Fsp3) is 0.385. The van der Waals surface area contributed by atoms with Crippen LogP contribution in [0.3, 0.4) is 0 Å². The van der Waals surface area contributed by atoms with Crippen LogP contribution in [0.15, 0.2) is 54.6 Å². The molecule has 2 aliphatic heterocycles. The number of ether oxygens (including phenoxy) is 1. The molecular formula is C26H29N3O5. The Labute approximate surface area is 198 Å². The monoisotopic (exact) mass is 463 g/mol. The molecule has 0 aliphatic carbocycles. The minimum atomic E-state index is -1.13. The highest BCUT2D eigenvalue weighted by Crippen LogP contribution is 2.33. The SMILES string of the molecule is CC(=O)N1CC2[C@@H](NC(=O)c3ccc(C(C)(C)C)cc3)C(=O)N2C1C(=O)OCc1ccccc1. The van der Waals surface area contributed by atoms with Gasteiger partial charge >= 0.3 is 5.97 Å².